The lowest BCUT2D eigenvalue weighted by atomic mass is 10.1. The van der Waals surface area contributed by atoms with Crippen molar-refractivity contribution in [1.29, 1.82) is 0 Å². The van der Waals surface area contributed by atoms with Crippen molar-refractivity contribution in [2.75, 3.05) is 17.2 Å². The molecule has 21 heavy (non-hydrogen) atoms. The summed E-state index contributed by atoms with van der Waals surface area (Å²) in [6.45, 7) is 4.81. The zero-order valence-electron chi connectivity index (χ0n) is 12.1. The molecule has 1 heterocycles. The number of hydrogen-bond donors (Lipinski definition) is 2. The Morgan fingerprint density at radius 2 is 1.90 bits per heavy atom. The Balaban J connectivity index is 2.21. The minimum absolute atomic E-state index is 0.118. The summed E-state index contributed by atoms with van der Waals surface area (Å²) < 4.78 is 1.14. The number of anilines is 2. The quantitative estimate of drug-likeness (QED) is 0.755. The number of halogens is 1. The van der Waals surface area contributed by atoms with Gasteiger partial charge < -0.3 is 10.6 Å². The Morgan fingerprint density at radius 1 is 1.19 bits per heavy atom. The Morgan fingerprint density at radius 3 is 2.52 bits per heavy atom. The van der Waals surface area contributed by atoms with Crippen LogP contribution in [-0.2, 0) is 6.42 Å². The van der Waals surface area contributed by atoms with E-state index >= 15 is 0 Å². The molecule has 0 radical (unpaired) electrons. The van der Waals surface area contributed by atoms with Crippen molar-refractivity contribution in [3.63, 3.8) is 0 Å². The highest BCUT2D eigenvalue weighted by Gasteiger charge is 2.09. The molecule has 2 rings (SSSR count). The topological polar surface area (TPSA) is 54.0 Å². The van der Waals surface area contributed by atoms with Crippen LogP contribution < -0.4 is 10.6 Å². The van der Waals surface area contributed by atoms with Gasteiger partial charge in [-0.15, -0.1) is 0 Å². The van der Waals surface area contributed by atoms with E-state index in [9.17, 15) is 4.79 Å². The molecule has 0 unspecified atom stereocenters. The first-order valence-corrected chi connectivity index (χ1v) is 8.02. The standard InChI is InChI=1S/C16H18IN3O/c1-3-13-9-11(10-15(19-13)18-4-2)16(21)20-14-7-5-12(17)6-8-14/h5-10H,3-4H2,1-2H3,(H,18,19)(H,20,21). The number of rotatable bonds is 5. The summed E-state index contributed by atoms with van der Waals surface area (Å²) >= 11 is 2.24. The van der Waals surface area contributed by atoms with Crippen LogP contribution in [-0.4, -0.2) is 17.4 Å². The molecular formula is C16H18IN3O. The zero-order valence-corrected chi connectivity index (χ0v) is 14.3. The number of benzene rings is 1. The molecule has 0 bridgehead atoms. The largest absolute Gasteiger partial charge is 0.370 e. The second kappa shape index (κ2) is 7.40. The van der Waals surface area contributed by atoms with Gasteiger partial charge in [-0.25, -0.2) is 4.98 Å². The van der Waals surface area contributed by atoms with E-state index in [2.05, 4.69) is 38.2 Å². The normalized spacial score (nSPS) is 10.2. The van der Waals surface area contributed by atoms with Crippen LogP contribution in [0.25, 0.3) is 0 Å². The van der Waals surface area contributed by atoms with Gasteiger partial charge in [0.25, 0.3) is 5.91 Å². The van der Waals surface area contributed by atoms with Gasteiger partial charge in [-0.3, -0.25) is 4.79 Å². The fraction of sp³-hybridized carbons (Fsp3) is 0.250. The lowest BCUT2D eigenvalue weighted by Gasteiger charge is -2.09. The van der Waals surface area contributed by atoms with E-state index in [4.69, 9.17) is 0 Å². The molecule has 0 saturated heterocycles. The smallest absolute Gasteiger partial charge is 0.255 e. The van der Waals surface area contributed by atoms with Crippen LogP contribution in [0.5, 0.6) is 0 Å². The van der Waals surface area contributed by atoms with Crippen LogP contribution >= 0.6 is 22.6 Å². The molecule has 2 N–H and O–H groups in total. The number of nitrogens with zero attached hydrogens (tertiary/aromatic N) is 1. The molecule has 0 spiro atoms. The van der Waals surface area contributed by atoms with Crippen molar-refractivity contribution in [3.8, 4) is 0 Å². The molecule has 0 aliphatic heterocycles. The van der Waals surface area contributed by atoms with Gasteiger partial charge in [0.1, 0.15) is 5.82 Å². The fourth-order valence-corrected chi connectivity index (χ4v) is 2.27. The van der Waals surface area contributed by atoms with Crippen molar-refractivity contribution in [2.24, 2.45) is 0 Å². The third-order valence-corrected chi connectivity index (χ3v) is 3.68. The molecule has 1 aromatic heterocycles. The third-order valence-electron chi connectivity index (χ3n) is 2.96. The molecule has 0 saturated carbocycles. The second-order valence-electron chi connectivity index (χ2n) is 4.58. The molecule has 5 heteroatoms. The first-order chi connectivity index (χ1) is 10.1. The first kappa shape index (κ1) is 15.8. The molecule has 2 aromatic rings. The maximum atomic E-state index is 12.4. The summed E-state index contributed by atoms with van der Waals surface area (Å²) in [5.41, 5.74) is 2.32. The van der Waals surface area contributed by atoms with Gasteiger partial charge in [0, 0.05) is 27.1 Å². The Labute approximate surface area is 138 Å². The van der Waals surface area contributed by atoms with Crippen molar-refractivity contribution < 1.29 is 4.79 Å². The molecule has 1 aromatic carbocycles. The van der Waals surface area contributed by atoms with Gasteiger partial charge in [-0.05, 0) is 72.3 Å². The van der Waals surface area contributed by atoms with Gasteiger partial charge in [0.05, 0.1) is 0 Å². The highest BCUT2D eigenvalue weighted by atomic mass is 127. The number of nitrogens with one attached hydrogen (secondary N) is 2. The number of pyridine rings is 1. The number of amides is 1. The van der Waals surface area contributed by atoms with Crippen LogP contribution in [0.2, 0.25) is 0 Å². The van der Waals surface area contributed by atoms with Crippen molar-refractivity contribution >= 4 is 40.0 Å². The second-order valence-corrected chi connectivity index (χ2v) is 5.82. The summed E-state index contributed by atoms with van der Waals surface area (Å²) in [4.78, 5) is 16.8. The predicted octanol–water partition coefficient (Wildman–Crippen LogP) is 3.93. The summed E-state index contributed by atoms with van der Waals surface area (Å²) in [5.74, 6) is 0.622. The number of aromatic nitrogens is 1. The molecule has 0 aliphatic carbocycles. The van der Waals surface area contributed by atoms with E-state index in [1.54, 1.807) is 6.07 Å². The maximum Gasteiger partial charge on any atom is 0.255 e. The SMILES string of the molecule is CCNc1cc(C(=O)Nc2ccc(I)cc2)cc(CC)n1. The van der Waals surface area contributed by atoms with Crippen LogP contribution in [0.4, 0.5) is 11.5 Å². The number of hydrogen-bond acceptors (Lipinski definition) is 3. The Bertz CT molecular complexity index is 626. The molecule has 0 atom stereocenters. The Kier molecular flexibility index (Phi) is 5.55. The average Bonchev–Trinajstić information content (AvgIpc) is 2.49. The molecule has 0 aliphatic rings. The van der Waals surface area contributed by atoms with E-state index < -0.39 is 0 Å². The lowest BCUT2D eigenvalue weighted by molar-refractivity contribution is 0.102. The van der Waals surface area contributed by atoms with E-state index in [1.165, 1.54) is 0 Å². The van der Waals surface area contributed by atoms with Crippen LogP contribution in [0.15, 0.2) is 36.4 Å². The minimum Gasteiger partial charge on any atom is -0.370 e. The average molecular weight is 395 g/mol. The van der Waals surface area contributed by atoms with Gasteiger partial charge in [-0.2, -0.15) is 0 Å². The molecule has 4 nitrogen and oxygen atoms in total. The van der Waals surface area contributed by atoms with E-state index in [1.807, 2.05) is 44.2 Å². The molecule has 110 valence electrons. The van der Waals surface area contributed by atoms with Crippen molar-refractivity contribution in [2.45, 2.75) is 20.3 Å². The zero-order chi connectivity index (χ0) is 15.2. The highest BCUT2D eigenvalue weighted by molar-refractivity contribution is 14.1. The van der Waals surface area contributed by atoms with Crippen molar-refractivity contribution in [1.82, 2.24) is 4.98 Å². The molecular weight excluding hydrogens is 377 g/mol. The maximum absolute atomic E-state index is 12.4. The highest BCUT2D eigenvalue weighted by Crippen LogP contribution is 2.15. The summed E-state index contributed by atoms with van der Waals surface area (Å²) in [6, 6.07) is 11.3. The fourth-order valence-electron chi connectivity index (χ4n) is 1.91. The summed E-state index contributed by atoms with van der Waals surface area (Å²) in [6.07, 6.45) is 0.795. The summed E-state index contributed by atoms with van der Waals surface area (Å²) in [5, 5.41) is 6.06. The van der Waals surface area contributed by atoms with E-state index in [0.29, 0.717) is 5.56 Å². The number of aryl methyl sites for hydroxylation is 1. The minimum atomic E-state index is -0.118. The molecule has 0 fully saturated rings. The number of carbonyl (C=O) groups is 1. The predicted molar refractivity (Wildman–Crippen MR) is 94.9 cm³/mol. The van der Waals surface area contributed by atoms with Gasteiger partial charge in [0.15, 0.2) is 0 Å². The van der Waals surface area contributed by atoms with Gasteiger partial charge in [0.2, 0.25) is 0 Å². The lowest BCUT2D eigenvalue weighted by Crippen LogP contribution is -2.14. The van der Waals surface area contributed by atoms with E-state index in [-0.39, 0.29) is 5.91 Å². The monoisotopic (exact) mass is 395 g/mol. The number of carbonyl (C=O) groups excluding carboxylic acids is 1. The van der Waals surface area contributed by atoms with Crippen LogP contribution in [0.1, 0.15) is 29.9 Å². The Hall–Kier alpha value is -1.63. The third kappa shape index (κ3) is 4.42. The van der Waals surface area contributed by atoms with Gasteiger partial charge in [-0.1, -0.05) is 6.92 Å². The molecule has 1 amide bonds. The van der Waals surface area contributed by atoms with Crippen LogP contribution in [0, 0.1) is 3.57 Å². The van der Waals surface area contributed by atoms with Crippen molar-refractivity contribution in [3.05, 3.63) is 51.2 Å². The summed E-state index contributed by atoms with van der Waals surface area (Å²) in [7, 11) is 0. The first-order valence-electron chi connectivity index (χ1n) is 6.94. The van der Waals surface area contributed by atoms with Gasteiger partial charge >= 0.3 is 0 Å². The van der Waals surface area contributed by atoms with E-state index in [0.717, 1.165) is 33.7 Å². The van der Waals surface area contributed by atoms with Crippen LogP contribution in [0.3, 0.4) is 0 Å².